The highest BCUT2D eigenvalue weighted by Gasteiger charge is 2.17. The average Bonchev–Trinajstić information content (AvgIpc) is 2.55. The number of benzene rings is 1. The summed E-state index contributed by atoms with van der Waals surface area (Å²) in [5, 5.41) is 3.43. The van der Waals surface area contributed by atoms with Crippen LogP contribution in [0.4, 0.5) is 0 Å². The molecule has 0 bridgehead atoms. The van der Waals surface area contributed by atoms with Gasteiger partial charge in [0.2, 0.25) is 0 Å². The monoisotopic (exact) mass is 328 g/mol. The van der Waals surface area contributed by atoms with Gasteiger partial charge in [-0.05, 0) is 44.5 Å². The fourth-order valence-corrected chi connectivity index (χ4v) is 2.96. The van der Waals surface area contributed by atoms with Gasteiger partial charge in [0, 0.05) is 24.7 Å². The van der Waals surface area contributed by atoms with E-state index in [0.29, 0.717) is 0 Å². The second kappa shape index (κ2) is 9.93. The molecule has 4 nitrogen and oxygen atoms in total. The van der Waals surface area contributed by atoms with Gasteiger partial charge in [0.15, 0.2) is 0 Å². The van der Waals surface area contributed by atoms with Crippen molar-refractivity contribution < 1.29 is 9.47 Å². The van der Waals surface area contributed by atoms with Gasteiger partial charge in [-0.3, -0.25) is 4.90 Å². The van der Waals surface area contributed by atoms with Crippen LogP contribution in [-0.2, 0) is 6.54 Å². The second-order valence-electron chi connectivity index (χ2n) is 5.70. The summed E-state index contributed by atoms with van der Waals surface area (Å²) in [6, 6.07) is 6.09. The van der Waals surface area contributed by atoms with E-state index >= 15 is 0 Å². The minimum atomic E-state index is 0. The molecule has 126 valence electrons. The third-order valence-corrected chi connectivity index (χ3v) is 4.31. The third kappa shape index (κ3) is 5.34. The molecule has 0 amide bonds. The number of ether oxygens (including phenoxy) is 2. The molecule has 1 N–H and O–H groups in total. The maximum absolute atomic E-state index is 5.51. The molecule has 22 heavy (non-hydrogen) atoms. The van der Waals surface area contributed by atoms with E-state index in [4.69, 9.17) is 9.47 Å². The van der Waals surface area contributed by atoms with Crippen LogP contribution in [0.25, 0.3) is 0 Å². The standard InChI is InChI=1S/C17H28N2O2.ClH/c1-4-19(12-14-7-9-18-10-8-14)13-15-5-6-16(20-2)11-17(15)21-3;/h5-6,11,14,18H,4,7-10,12-13H2,1-3H3;1H. The van der Waals surface area contributed by atoms with Crippen molar-refractivity contribution in [1.82, 2.24) is 10.2 Å². The molecule has 1 aliphatic rings. The number of rotatable bonds is 7. The van der Waals surface area contributed by atoms with Crippen LogP contribution in [0.15, 0.2) is 18.2 Å². The lowest BCUT2D eigenvalue weighted by Gasteiger charge is -2.29. The Morgan fingerprint density at radius 2 is 1.91 bits per heavy atom. The number of hydrogen-bond donors (Lipinski definition) is 1. The molecule has 0 unspecified atom stereocenters. The maximum atomic E-state index is 5.51. The Morgan fingerprint density at radius 3 is 2.50 bits per heavy atom. The largest absolute Gasteiger partial charge is 0.497 e. The molecule has 0 radical (unpaired) electrons. The van der Waals surface area contributed by atoms with Crippen LogP contribution in [0.3, 0.4) is 0 Å². The Labute approximate surface area is 140 Å². The molecule has 1 aromatic rings. The summed E-state index contributed by atoms with van der Waals surface area (Å²) in [6.07, 6.45) is 2.58. The molecular weight excluding hydrogens is 300 g/mol. The number of piperidine rings is 1. The fraction of sp³-hybridized carbons (Fsp3) is 0.647. The lowest BCUT2D eigenvalue weighted by molar-refractivity contribution is 0.205. The lowest BCUT2D eigenvalue weighted by Crippen LogP contribution is -2.36. The van der Waals surface area contributed by atoms with Gasteiger partial charge in [-0.1, -0.05) is 13.0 Å². The summed E-state index contributed by atoms with van der Waals surface area (Å²) in [5.41, 5.74) is 1.23. The van der Waals surface area contributed by atoms with Gasteiger partial charge in [0.25, 0.3) is 0 Å². The van der Waals surface area contributed by atoms with Gasteiger partial charge in [-0.2, -0.15) is 0 Å². The summed E-state index contributed by atoms with van der Waals surface area (Å²) in [7, 11) is 3.41. The molecule has 0 atom stereocenters. The Balaban J connectivity index is 0.00000242. The minimum Gasteiger partial charge on any atom is -0.497 e. The normalized spacial score (nSPS) is 15.5. The first-order valence-corrected chi connectivity index (χ1v) is 7.90. The molecule has 2 rings (SSSR count). The first kappa shape index (κ1) is 19.1. The Hall–Kier alpha value is -0.970. The predicted octanol–water partition coefficient (Wildman–Crippen LogP) is 2.95. The fourth-order valence-electron chi connectivity index (χ4n) is 2.96. The van der Waals surface area contributed by atoms with Crippen LogP contribution in [-0.4, -0.2) is 45.3 Å². The van der Waals surface area contributed by atoms with Crippen LogP contribution in [0, 0.1) is 5.92 Å². The first-order valence-electron chi connectivity index (χ1n) is 7.90. The molecule has 0 spiro atoms. The van der Waals surface area contributed by atoms with E-state index in [1.165, 1.54) is 24.9 Å². The summed E-state index contributed by atoms with van der Waals surface area (Å²) in [5.74, 6) is 2.57. The Morgan fingerprint density at radius 1 is 1.18 bits per heavy atom. The van der Waals surface area contributed by atoms with E-state index < -0.39 is 0 Å². The van der Waals surface area contributed by atoms with Crippen molar-refractivity contribution in [3.63, 3.8) is 0 Å². The highest BCUT2D eigenvalue weighted by atomic mass is 35.5. The van der Waals surface area contributed by atoms with Crippen molar-refractivity contribution in [1.29, 1.82) is 0 Å². The quantitative estimate of drug-likeness (QED) is 0.834. The average molecular weight is 329 g/mol. The highest BCUT2D eigenvalue weighted by molar-refractivity contribution is 5.85. The molecular formula is C17H29ClN2O2. The first-order chi connectivity index (χ1) is 10.3. The van der Waals surface area contributed by atoms with Crippen LogP contribution < -0.4 is 14.8 Å². The van der Waals surface area contributed by atoms with Crippen LogP contribution in [0.5, 0.6) is 11.5 Å². The zero-order valence-electron chi connectivity index (χ0n) is 13.9. The Bertz CT molecular complexity index is 437. The molecule has 1 heterocycles. The van der Waals surface area contributed by atoms with E-state index in [1.807, 2.05) is 12.1 Å². The SMILES string of the molecule is CCN(Cc1ccc(OC)cc1OC)CC1CCNCC1.Cl. The number of halogens is 1. The molecule has 1 aliphatic heterocycles. The third-order valence-electron chi connectivity index (χ3n) is 4.31. The zero-order chi connectivity index (χ0) is 15.1. The molecule has 0 aromatic heterocycles. The van der Waals surface area contributed by atoms with Gasteiger partial charge in [0.05, 0.1) is 14.2 Å². The summed E-state index contributed by atoms with van der Waals surface area (Å²) in [6.45, 7) is 7.74. The van der Waals surface area contributed by atoms with Gasteiger partial charge < -0.3 is 14.8 Å². The number of hydrogen-bond acceptors (Lipinski definition) is 4. The minimum absolute atomic E-state index is 0. The highest BCUT2D eigenvalue weighted by Crippen LogP contribution is 2.26. The van der Waals surface area contributed by atoms with E-state index in [2.05, 4.69) is 23.2 Å². The van der Waals surface area contributed by atoms with Crippen molar-refractivity contribution >= 4 is 12.4 Å². The van der Waals surface area contributed by atoms with Crippen LogP contribution in [0.2, 0.25) is 0 Å². The number of methoxy groups -OCH3 is 2. The molecule has 0 saturated carbocycles. The van der Waals surface area contributed by atoms with E-state index in [1.54, 1.807) is 14.2 Å². The molecule has 1 saturated heterocycles. The maximum Gasteiger partial charge on any atom is 0.127 e. The van der Waals surface area contributed by atoms with Gasteiger partial charge in [0.1, 0.15) is 11.5 Å². The van der Waals surface area contributed by atoms with Crippen molar-refractivity contribution in [3.8, 4) is 11.5 Å². The molecule has 0 aliphatic carbocycles. The van der Waals surface area contributed by atoms with Crippen molar-refractivity contribution in [3.05, 3.63) is 23.8 Å². The second-order valence-corrected chi connectivity index (χ2v) is 5.70. The van der Waals surface area contributed by atoms with E-state index in [0.717, 1.165) is 43.6 Å². The van der Waals surface area contributed by atoms with Gasteiger partial charge in [-0.25, -0.2) is 0 Å². The summed E-state index contributed by atoms with van der Waals surface area (Å²) in [4.78, 5) is 2.51. The van der Waals surface area contributed by atoms with Crippen LogP contribution in [0.1, 0.15) is 25.3 Å². The van der Waals surface area contributed by atoms with Gasteiger partial charge in [-0.15, -0.1) is 12.4 Å². The van der Waals surface area contributed by atoms with Crippen molar-refractivity contribution in [2.75, 3.05) is 40.4 Å². The number of nitrogens with zero attached hydrogens (tertiary/aromatic N) is 1. The van der Waals surface area contributed by atoms with Gasteiger partial charge >= 0.3 is 0 Å². The Kier molecular flexibility index (Phi) is 8.61. The molecule has 1 aromatic carbocycles. The van der Waals surface area contributed by atoms with E-state index in [-0.39, 0.29) is 12.4 Å². The molecule has 1 fully saturated rings. The van der Waals surface area contributed by atoms with E-state index in [9.17, 15) is 0 Å². The smallest absolute Gasteiger partial charge is 0.127 e. The summed E-state index contributed by atoms with van der Waals surface area (Å²) >= 11 is 0. The number of nitrogens with one attached hydrogen (secondary N) is 1. The molecule has 5 heteroatoms. The van der Waals surface area contributed by atoms with Crippen molar-refractivity contribution in [2.24, 2.45) is 5.92 Å². The van der Waals surface area contributed by atoms with Crippen LogP contribution >= 0.6 is 12.4 Å². The van der Waals surface area contributed by atoms with Crippen molar-refractivity contribution in [2.45, 2.75) is 26.3 Å². The summed E-state index contributed by atoms with van der Waals surface area (Å²) < 4.78 is 10.8. The lowest BCUT2D eigenvalue weighted by atomic mass is 9.97. The zero-order valence-corrected chi connectivity index (χ0v) is 14.7. The predicted molar refractivity (Wildman–Crippen MR) is 93.3 cm³/mol. The topological polar surface area (TPSA) is 33.7 Å².